The molecule has 2 N–H and O–H groups in total. The van der Waals surface area contributed by atoms with Gasteiger partial charge in [0.15, 0.2) is 15.8 Å². The van der Waals surface area contributed by atoms with Crippen LogP contribution in [-0.4, -0.2) is 58.6 Å². The number of nitrogens with one attached hydrogen (secondary N) is 2. The van der Waals surface area contributed by atoms with E-state index in [-0.39, 0.29) is 47.5 Å². The Morgan fingerprint density at radius 1 is 1.32 bits per heavy atom. The summed E-state index contributed by atoms with van der Waals surface area (Å²) < 4.78 is 27.3. The largest absolute Gasteiger partial charge is 0.469 e. The SMILES string of the molecule is CN=C(NCCCCCC(=O)OC)NC1CCS(=O)(=O)C1.I. The number of guanidine groups is 1. The summed E-state index contributed by atoms with van der Waals surface area (Å²) in [4.78, 5) is 15.0. The van der Waals surface area contributed by atoms with Gasteiger partial charge in [0.25, 0.3) is 0 Å². The first-order valence-electron chi connectivity index (χ1n) is 7.21. The number of sulfone groups is 1. The fourth-order valence-electron chi connectivity index (χ4n) is 2.18. The summed E-state index contributed by atoms with van der Waals surface area (Å²) in [5.41, 5.74) is 0. The molecule has 0 amide bonds. The molecule has 0 aromatic carbocycles. The van der Waals surface area contributed by atoms with Crippen LogP contribution in [0.25, 0.3) is 0 Å². The van der Waals surface area contributed by atoms with E-state index < -0.39 is 9.84 Å². The predicted molar refractivity (Wildman–Crippen MR) is 97.5 cm³/mol. The zero-order valence-corrected chi connectivity index (χ0v) is 16.3. The van der Waals surface area contributed by atoms with E-state index in [4.69, 9.17) is 0 Å². The summed E-state index contributed by atoms with van der Waals surface area (Å²) >= 11 is 0. The normalized spacial score (nSPS) is 20.1. The van der Waals surface area contributed by atoms with Crippen LogP contribution in [0, 0.1) is 0 Å². The molecule has 1 aliphatic heterocycles. The molecule has 1 heterocycles. The minimum atomic E-state index is -2.88. The highest BCUT2D eigenvalue weighted by molar-refractivity contribution is 14.0. The lowest BCUT2D eigenvalue weighted by molar-refractivity contribution is -0.140. The molecule has 0 saturated carbocycles. The van der Waals surface area contributed by atoms with Gasteiger partial charge in [-0.2, -0.15) is 0 Å². The van der Waals surface area contributed by atoms with Crippen LogP contribution < -0.4 is 10.6 Å². The van der Waals surface area contributed by atoms with Gasteiger partial charge in [-0.25, -0.2) is 8.42 Å². The minimum Gasteiger partial charge on any atom is -0.469 e. The molecule has 0 aromatic rings. The molecule has 0 aromatic heterocycles. The van der Waals surface area contributed by atoms with Gasteiger partial charge in [0.05, 0.1) is 18.6 Å². The van der Waals surface area contributed by atoms with Crippen LogP contribution in [0.3, 0.4) is 0 Å². The molecule has 0 aliphatic carbocycles. The number of halogens is 1. The van der Waals surface area contributed by atoms with Crippen molar-refractivity contribution in [2.75, 3.05) is 32.2 Å². The highest BCUT2D eigenvalue weighted by Crippen LogP contribution is 2.10. The van der Waals surface area contributed by atoms with Crippen LogP contribution in [0.5, 0.6) is 0 Å². The third-order valence-electron chi connectivity index (χ3n) is 3.37. The first-order chi connectivity index (χ1) is 9.96. The maximum atomic E-state index is 11.4. The number of aliphatic imine (C=N–C) groups is 1. The first kappa shape index (κ1) is 21.4. The topological polar surface area (TPSA) is 96.9 Å². The van der Waals surface area contributed by atoms with E-state index in [9.17, 15) is 13.2 Å². The van der Waals surface area contributed by atoms with Crippen molar-refractivity contribution >= 4 is 45.7 Å². The van der Waals surface area contributed by atoms with Gasteiger partial charge in [0.2, 0.25) is 0 Å². The minimum absolute atomic E-state index is 0. The van der Waals surface area contributed by atoms with Gasteiger partial charge in [-0.3, -0.25) is 9.79 Å². The molecule has 22 heavy (non-hydrogen) atoms. The van der Waals surface area contributed by atoms with E-state index in [2.05, 4.69) is 20.4 Å². The van der Waals surface area contributed by atoms with Crippen molar-refractivity contribution in [3.63, 3.8) is 0 Å². The Bertz CT molecular complexity index is 468. The van der Waals surface area contributed by atoms with Crippen LogP contribution in [0.1, 0.15) is 32.1 Å². The summed E-state index contributed by atoms with van der Waals surface area (Å²) in [7, 11) is 0.173. The molecule has 1 aliphatic rings. The quantitative estimate of drug-likeness (QED) is 0.196. The fourth-order valence-corrected chi connectivity index (χ4v) is 3.85. The molecule has 1 rings (SSSR count). The Labute approximate surface area is 149 Å². The summed E-state index contributed by atoms with van der Waals surface area (Å²) in [6, 6.07) is -0.0551. The number of unbranched alkanes of at least 4 members (excludes halogenated alkanes) is 2. The molecule has 1 fully saturated rings. The number of esters is 1. The van der Waals surface area contributed by atoms with E-state index in [1.807, 2.05) is 0 Å². The molecule has 7 nitrogen and oxygen atoms in total. The molecule has 0 spiro atoms. The third kappa shape index (κ3) is 8.76. The van der Waals surface area contributed by atoms with Gasteiger partial charge < -0.3 is 15.4 Å². The van der Waals surface area contributed by atoms with E-state index in [1.165, 1.54) is 7.11 Å². The Hall–Kier alpha value is -0.580. The maximum Gasteiger partial charge on any atom is 0.305 e. The monoisotopic (exact) mass is 447 g/mol. The van der Waals surface area contributed by atoms with Crippen molar-refractivity contribution in [2.24, 2.45) is 4.99 Å². The summed E-state index contributed by atoms with van der Waals surface area (Å²) in [5, 5.41) is 6.28. The number of methoxy groups -OCH3 is 1. The molecule has 9 heteroatoms. The van der Waals surface area contributed by atoms with Gasteiger partial charge in [-0.05, 0) is 19.3 Å². The molecule has 1 saturated heterocycles. The van der Waals surface area contributed by atoms with Crippen molar-refractivity contribution in [3.8, 4) is 0 Å². The molecule has 130 valence electrons. The maximum absolute atomic E-state index is 11.4. The second kappa shape index (κ2) is 11.0. The molecule has 1 unspecified atom stereocenters. The van der Waals surface area contributed by atoms with Gasteiger partial charge >= 0.3 is 5.97 Å². The van der Waals surface area contributed by atoms with Gasteiger partial charge in [0, 0.05) is 26.1 Å². The number of carbonyl (C=O) groups is 1. The Morgan fingerprint density at radius 3 is 2.59 bits per heavy atom. The zero-order chi connectivity index (χ0) is 15.7. The van der Waals surface area contributed by atoms with E-state index in [1.54, 1.807) is 7.05 Å². The molecule has 1 atom stereocenters. The standard InChI is InChI=1S/C13H25N3O4S.HI/c1-14-13(16-11-7-9-21(18,19)10-11)15-8-5-3-4-6-12(17)20-2;/h11H,3-10H2,1-2H3,(H2,14,15,16);1H. The summed E-state index contributed by atoms with van der Waals surface area (Å²) in [6.45, 7) is 0.736. The fraction of sp³-hybridized carbons (Fsp3) is 0.846. The van der Waals surface area contributed by atoms with E-state index in [0.717, 1.165) is 25.8 Å². The van der Waals surface area contributed by atoms with Crippen molar-refractivity contribution < 1.29 is 17.9 Å². The summed E-state index contributed by atoms with van der Waals surface area (Å²) in [6.07, 6.45) is 3.73. The van der Waals surface area contributed by atoms with E-state index >= 15 is 0 Å². The highest BCUT2D eigenvalue weighted by atomic mass is 127. The average Bonchev–Trinajstić information content (AvgIpc) is 2.79. The van der Waals surface area contributed by atoms with E-state index in [0.29, 0.717) is 18.8 Å². The molecular formula is C13H26IN3O4S. The number of nitrogens with zero attached hydrogens (tertiary/aromatic N) is 1. The lowest BCUT2D eigenvalue weighted by atomic mass is 10.2. The van der Waals surface area contributed by atoms with Crippen LogP contribution >= 0.6 is 24.0 Å². The number of ether oxygens (including phenoxy) is 1. The van der Waals surface area contributed by atoms with Gasteiger partial charge in [-0.1, -0.05) is 6.42 Å². The average molecular weight is 447 g/mol. The van der Waals surface area contributed by atoms with Crippen molar-refractivity contribution in [1.82, 2.24) is 10.6 Å². The second-order valence-electron chi connectivity index (χ2n) is 5.13. The number of rotatable bonds is 7. The van der Waals surface area contributed by atoms with Crippen molar-refractivity contribution in [2.45, 2.75) is 38.1 Å². The number of hydrogen-bond donors (Lipinski definition) is 2. The van der Waals surface area contributed by atoms with Crippen LogP contribution in [0.15, 0.2) is 4.99 Å². The molecule has 0 bridgehead atoms. The number of hydrogen-bond acceptors (Lipinski definition) is 5. The molecule has 0 radical (unpaired) electrons. The highest BCUT2D eigenvalue weighted by Gasteiger charge is 2.28. The Morgan fingerprint density at radius 2 is 2.05 bits per heavy atom. The van der Waals surface area contributed by atoms with Gasteiger partial charge in [0.1, 0.15) is 0 Å². The second-order valence-corrected chi connectivity index (χ2v) is 7.36. The predicted octanol–water partition coefficient (Wildman–Crippen LogP) is 0.690. The van der Waals surface area contributed by atoms with Crippen LogP contribution in [0.2, 0.25) is 0 Å². The van der Waals surface area contributed by atoms with Crippen molar-refractivity contribution in [1.29, 1.82) is 0 Å². The third-order valence-corrected chi connectivity index (χ3v) is 5.14. The lowest BCUT2D eigenvalue weighted by Gasteiger charge is -2.15. The zero-order valence-electron chi connectivity index (χ0n) is 13.1. The Kier molecular flexibility index (Phi) is 10.7. The van der Waals surface area contributed by atoms with Crippen molar-refractivity contribution in [3.05, 3.63) is 0 Å². The van der Waals surface area contributed by atoms with Crippen LogP contribution in [-0.2, 0) is 19.4 Å². The number of carbonyl (C=O) groups excluding carboxylic acids is 1. The van der Waals surface area contributed by atoms with Gasteiger partial charge in [-0.15, -0.1) is 24.0 Å². The molecular weight excluding hydrogens is 421 g/mol. The first-order valence-corrected chi connectivity index (χ1v) is 9.03. The smallest absolute Gasteiger partial charge is 0.305 e. The summed E-state index contributed by atoms with van der Waals surface area (Å²) in [5.74, 6) is 0.870. The Balaban J connectivity index is 0.00000441. The van der Waals surface area contributed by atoms with Crippen LogP contribution in [0.4, 0.5) is 0 Å². The lowest BCUT2D eigenvalue weighted by Crippen LogP contribution is -2.44.